The predicted octanol–water partition coefficient (Wildman–Crippen LogP) is 5.90. The van der Waals surface area contributed by atoms with E-state index in [-0.39, 0.29) is 35.6 Å². The first-order valence-corrected chi connectivity index (χ1v) is 18.2. The minimum Gasteiger partial charge on any atom is -0.481 e. The zero-order valence-electron chi connectivity index (χ0n) is 25.0. The van der Waals surface area contributed by atoms with Gasteiger partial charge in [0, 0.05) is 12.1 Å². The molecule has 1 aromatic carbocycles. The molecule has 0 radical (unpaired) electrons. The average Bonchev–Trinajstić information content (AvgIpc) is 2.77. The topological polar surface area (TPSA) is 113 Å². The molecule has 1 amide bonds. The first-order valence-electron chi connectivity index (χ1n) is 13.7. The van der Waals surface area contributed by atoms with Crippen molar-refractivity contribution in [3.63, 3.8) is 0 Å². The standard InChI is InChI=1S/C28H50N2O6SSi/c1-11-16-37(34,35)30(12-2)23-15-13-14-22(19-23)26(31)29-24(17-20(3)4)25(18-21(5)27(32)33)36-38(9,10)28(6,7)8/h13-15,19-21,24-25H,11-12,16-18H2,1-10H3,(H,29,31)(H,32,33)/t21-,24+,25+/m1/s1. The minimum atomic E-state index is -3.50. The van der Waals surface area contributed by atoms with Gasteiger partial charge >= 0.3 is 5.97 Å². The molecule has 0 aliphatic rings. The number of anilines is 1. The van der Waals surface area contributed by atoms with Gasteiger partial charge in [-0.15, -0.1) is 0 Å². The van der Waals surface area contributed by atoms with Gasteiger partial charge in [-0.3, -0.25) is 13.9 Å². The Morgan fingerprint density at radius 3 is 2.18 bits per heavy atom. The SMILES string of the molecule is CCCS(=O)(=O)N(CC)c1cccc(C(=O)N[C@@H](CC(C)C)[C@H](C[C@@H](C)C(=O)O)O[Si](C)(C)C(C)(C)C)c1. The van der Waals surface area contributed by atoms with E-state index < -0.39 is 42.4 Å². The van der Waals surface area contributed by atoms with Gasteiger partial charge < -0.3 is 14.8 Å². The second-order valence-electron chi connectivity index (χ2n) is 12.1. The van der Waals surface area contributed by atoms with Crippen LogP contribution in [0.2, 0.25) is 18.1 Å². The van der Waals surface area contributed by atoms with Crippen LogP contribution in [-0.2, 0) is 19.2 Å². The van der Waals surface area contributed by atoms with E-state index in [0.29, 0.717) is 24.1 Å². The van der Waals surface area contributed by atoms with Gasteiger partial charge in [0.15, 0.2) is 8.32 Å². The van der Waals surface area contributed by atoms with Crippen LogP contribution in [0, 0.1) is 11.8 Å². The minimum absolute atomic E-state index is 0.0297. The number of carboxylic acids is 1. The lowest BCUT2D eigenvalue weighted by atomic mass is 9.92. The fourth-order valence-corrected chi connectivity index (χ4v) is 7.01. The van der Waals surface area contributed by atoms with Gasteiger partial charge in [0.1, 0.15) is 0 Å². The number of amides is 1. The van der Waals surface area contributed by atoms with Gasteiger partial charge in [-0.05, 0) is 68.4 Å². The largest absolute Gasteiger partial charge is 0.481 e. The Kier molecular flexibility index (Phi) is 12.5. The third-order valence-electron chi connectivity index (χ3n) is 7.23. The number of carbonyl (C=O) groups is 2. The van der Waals surface area contributed by atoms with Gasteiger partial charge in [0.05, 0.1) is 29.5 Å². The van der Waals surface area contributed by atoms with E-state index in [4.69, 9.17) is 4.43 Å². The van der Waals surface area contributed by atoms with E-state index in [1.54, 1.807) is 38.1 Å². The maximum absolute atomic E-state index is 13.5. The molecule has 8 nitrogen and oxygen atoms in total. The molecule has 10 heteroatoms. The van der Waals surface area contributed by atoms with Crippen molar-refractivity contribution in [2.75, 3.05) is 16.6 Å². The molecule has 0 saturated heterocycles. The maximum atomic E-state index is 13.5. The van der Waals surface area contributed by atoms with Crippen molar-refractivity contribution >= 4 is 35.9 Å². The van der Waals surface area contributed by atoms with Crippen molar-refractivity contribution in [2.45, 2.75) is 105 Å². The summed E-state index contributed by atoms with van der Waals surface area (Å²) in [6.07, 6.45) is 0.912. The summed E-state index contributed by atoms with van der Waals surface area (Å²) in [5.74, 6) is -1.62. The first kappa shape index (κ1) is 34.1. The lowest BCUT2D eigenvalue weighted by molar-refractivity contribution is -0.142. The Hall–Kier alpha value is -1.91. The molecule has 0 fully saturated rings. The van der Waals surface area contributed by atoms with Crippen LogP contribution in [-0.4, -0.2) is 58.2 Å². The fourth-order valence-electron chi connectivity index (χ4n) is 4.07. The molecule has 218 valence electrons. The summed E-state index contributed by atoms with van der Waals surface area (Å²) < 4.78 is 33.6. The molecule has 0 aliphatic carbocycles. The Labute approximate surface area is 231 Å². The highest BCUT2D eigenvalue weighted by molar-refractivity contribution is 7.92. The number of rotatable bonds is 15. The fraction of sp³-hybridized carbons (Fsp3) is 0.714. The number of carbonyl (C=O) groups excluding carboxylic acids is 1. The molecule has 0 aliphatic heterocycles. The van der Waals surface area contributed by atoms with Crippen molar-refractivity contribution in [1.29, 1.82) is 0 Å². The van der Waals surface area contributed by atoms with Crippen LogP contribution in [0.15, 0.2) is 24.3 Å². The number of nitrogens with zero attached hydrogens (tertiary/aromatic N) is 1. The Balaban J connectivity index is 3.40. The number of carboxylic acid groups (broad SMARTS) is 1. The van der Waals surface area contributed by atoms with E-state index in [0.717, 1.165) is 0 Å². The van der Waals surface area contributed by atoms with Crippen molar-refractivity contribution in [3.8, 4) is 0 Å². The highest BCUT2D eigenvalue weighted by Crippen LogP contribution is 2.39. The lowest BCUT2D eigenvalue weighted by Gasteiger charge is -2.42. The number of hydrogen-bond donors (Lipinski definition) is 2. The molecule has 0 bridgehead atoms. The summed E-state index contributed by atoms with van der Waals surface area (Å²) in [7, 11) is -5.78. The third-order valence-corrected chi connectivity index (χ3v) is 13.8. The van der Waals surface area contributed by atoms with Crippen LogP contribution in [0.25, 0.3) is 0 Å². The van der Waals surface area contributed by atoms with E-state index in [9.17, 15) is 23.1 Å². The summed E-state index contributed by atoms with van der Waals surface area (Å²) >= 11 is 0. The van der Waals surface area contributed by atoms with Crippen LogP contribution in [0.4, 0.5) is 5.69 Å². The van der Waals surface area contributed by atoms with Gasteiger partial charge in [-0.2, -0.15) is 0 Å². The van der Waals surface area contributed by atoms with E-state index in [1.165, 1.54) is 4.31 Å². The molecular weight excluding hydrogens is 520 g/mol. The molecule has 3 atom stereocenters. The van der Waals surface area contributed by atoms with E-state index >= 15 is 0 Å². The zero-order valence-corrected chi connectivity index (χ0v) is 26.8. The molecule has 0 heterocycles. The molecule has 1 rings (SSSR count). The Bertz CT molecular complexity index is 1040. The molecule has 1 aromatic rings. The van der Waals surface area contributed by atoms with Gasteiger partial charge in [-0.25, -0.2) is 8.42 Å². The molecular formula is C28H50N2O6SSi. The monoisotopic (exact) mass is 570 g/mol. The first-order chi connectivity index (χ1) is 17.4. The van der Waals surface area contributed by atoms with Crippen molar-refractivity contribution < 1.29 is 27.5 Å². The molecule has 2 N–H and O–H groups in total. The second-order valence-corrected chi connectivity index (χ2v) is 18.9. The number of sulfonamides is 1. The number of benzene rings is 1. The molecule has 0 saturated carbocycles. The predicted molar refractivity (Wildman–Crippen MR) is 158 cm³/mol. The van der Waals surface area contributed by atoms with Crippen molar-refractivity contribution in [3.05, 3.63) is 29.8 Å². The van der Waals surface area contributed by atoms with Gasteiger partial charge in [0.25, 0.3) is 5.91 Å². The molecule has 0 unspecified atom stereocenters. The van der Waals surface area contributed by atoms with Crippen LogP contribution < -0.4 is 9.62 Å². The average molecular weight is 571 g/mol. The van der Waals surface area contributed by atoms with Gasteiger partial charge in [0.2, 0.25) is 10.0 Å². The highest BCUT2D eigenvalue weighted by Gasteiger charge is 2.42. The lowest BCUT2D eigenvalue weighted by Crippen LogP contribution is -2.53. The van der Waals surface area contributed by atoms with E-state index in [2.05, 4.69) is 53.0 Å². The quantitative estimate of drug-likeness (QED) is 0.254. The summed E-state index contributed by atoms with van der Waals surface area (Å²) in [4.78, 5) is 25.3. The number of hydrogen-bond acceptors (Lipinski definition) is 5. The smallest absolute Gasteiger partial charge is 0.306 e. The normalized spacial score (nSPS) is 15.1. The third kappa shape index (κ3) is 9.68. The van der Waals surface area contributed by atoms with Crippen LogP contribution in [0.5, 0.6) is 0 Å². The van der Waals surface area contributed by atoms with Crippen LogP contribution in [0.1, 0.15) is 85.0 Å². The summed E-state index contributed by atoms with van der Waals surface area (Å²) in [6.45, 7) is 20.3. The maximum Gasteiger partial charge on any atom is 0.306 e. The highest BCUT2D eigenvalue weighted by atomic mass is 32.2. The molecule has 38 heavy (non-hydrogen) atoms. The van der Waals surface area contributed by atoms with Crippen LogP contribution in [0.3, 0.4) is 0 Å². The second kappa shape index (κ2) is 13.9. The molecule has 0 spiro atoms. The van der Waals surface area contributed by atoms with Crippen molar-refractivity contribution in [2.24, 2.45) is 11.8 Å². The van der Waals surface area contributed by atoms with E-state index in [1.807, 2.05) is 6.92 Å². The zero-order chi connectivity index (χ0) is 29.5. The Morgan fingerprint density at radius 1 is 1.11 bits per heavy atom. The number of nitrogens with one attached hydrogen (secondary N) is 1. The summed E-state index contributed by atoms with van der Waals surface area (Å²) in [6, 6.07) is 6.23. The molecule has 0 aromatic heterocycles. The summed E-state index contributed by atoms with van der Waals surface area (Å²) in [5, 5.41) is 12.7. The van der Waals surface area contributed by atoms with Crippen molar-refractivity contribution in [1.82, 2.24) is 5.32 Å². The van der Waals surface area contributed by atoms with Gasteiger partial charge in [-0.1, -0.05) is 54.5 Å². The van der Waals surface area contributed by atoms with Crippen LogP contribution >= 0.6 is 0 Å². The summed E-state index contributed by atoms with van der Waals surface area (Å²) in [5.41, 5.74) is 0.793. The Morgan fingerprint density at radius 2 is 1.71 bits per heavy atom. The number of aliphatic carboxylic acids is 1.